The van der Waals surface area contributed by atoms with Crippen LogP contribution in [-0.4, -0.2) is 42.8 Å². The number of halogens is 1. The topological polar surface area (TPSA) is 61.8 Å². The van der Waals surface area contributed by atoms with E-state index in [-0.39, 0.29) is 6.03 Å². The van der Waals surface area contributed by atoms with Crippen molar-refractivity contribution >= 4 is 23.3 Å². The van der Waals surface area contributed by atoms with Gasteiger partial charge in [-0.3, -0.25) is 0 Å². The van der Waals surface area contributed by atoms with E-state index in [0.29, 0.717) is 28.9 Å². The van der Waals surface area contributed by atoms with Gasteiger partial charge in [-0.25, -0.2) is 4.79 Å². The average molecular weight is 313 g/mol. The van der Waals surface area contributed by atoms with Crippen molar-refractivity contribution in [1.29, 1.82) is 0 Å². The summed E-state index contributed by atoms with van der Waals surface area (Å²) in [5.74, 6) is 0.850. The van der Waals surface area contributed by atoms with E-state index >= 15 is 0 Å². The first-order chi connectivity index (χ1) is 9.92. The summed E-state index contributed by atoms with van der Waals surface area (Å²) < 4.78 is 5.22. The maximum Gasteiger partial charge on any atom is 0.321 e. The first-order valence-electron chi connectivity index (χ1n) is 6.96. The number of nitrogens with one attached hydrogen (secondary N) is 1. The second kappa shape index (κ2) is 6.54. The van der Waals surface area contributed by atoms with Crippen LogP contribution in [0.3, 0.4) is 0 Å². The van der Waals surface area contributed by atoms with Crippen LogP contribution in [0, 0.1) is 12.8 Å². The van der Waals surface area contributed by atoms with Crippen molar-refractivity contribution in [2.75, 3.05) is 26.0 Å². The number of rotatable bonds is 5. The fourth-order valence-electron chi connectivity index (χ4n) is 2.13. The maximum absolute atomic E-state index is 12.2. The fraction of sp³-hybridized carbons (Fsp3) is 0.533. The Bertz CT molecular complexity index is 532. The number of hydrogen-bond acceptors (Lipinski definition) is 3. The molecule has 1 aromatic carbocycles. The van der Waals surface area contributed by atoms with Crippen LogP contribution in [0.15, 0.2) is 12.1 Å². The maximum atomic E-state index is 12.2. The number of aliphatic hydroxyl groups excluding tert-OH is 1. The summed E-state index contributed by atoms with van der Waals surface area (Å²) in [5, 5.41) is 13.3. The third-order valence-corrected chi connectivity index (χ3v) is 4.10. The first kappa shape index (κ1) is 15.9. The highest BCUT2D eigenvalue weighted by Gasteiger charge is 2.31. The lowest BCUT2D eigenvalue weighted by molar-refractivity contribution is 0.117. The molecule has 0 bridgehead atoms. The van der Waals surface area contributed by atoms with Crippen molar-refractivity contribution < 1.29 is 14.6 Å². The Morgan fingerprint density at radius 1 is 1.57 bits per heavy atom. The number of likely N-dealkylation sites (N-methyl/N-ethyl adjacent to an activating group) is 1. The smallest absolute Gasteiger partial charge is 0.321 e. The number of aryl methyl sites for hydroxylation is 1. The van der Waals surface area contributed by atoms with Gasteiger partial charge in [-0.2, -0.15) is 0 Å². The Morgan fingerprint density at radius 3 is 2.81 bits per heavy atom. The Hall–Kier alpha value is -1.46. The summed E-state index contributed by atoms with van der Waals surface area (Å²) in [5.41, 5.74) is 1.42. The molecule has 0 radical (unpaired) electrons. The molecule has 0 aromatic heterocycles. The average Bonchev–Trinajstić information content (AvgIpc) is 3.26. The van der Waals surface area contributed by atoms with Gasteiger partial charge in [0.1, 0.15) is 5.75 Å². The standard InChI is InChI=1S/C15H21ClN2O3/c1-9-6-12(14(21-3)7-11(9)16)17-15(20)18(2)8-13(19)10-4-5-10/h6-7,10,13,19H,4-5,8H2,1-3H3,(H,17,20). The van der Waals surface area contributed by atoms with E-state index in [1.54, 1.807) is 19.2 Å². The van der Waals surface area contributed by atoms with Gasteiger partial charge in [-0.1, -0.05) is 11.6 Å². The molecule has 1 saturated carbocycles. The van der Waals surface area contributed by atoms with E-state index in [4.69, 9.17) is 16.3 Å². The minimum atomic E-state index is -0.449. The van der Waals surface area contributed by atoms with Crippen LogP contribution < -0.4 is 10.1 Å². The second-order valence-electron chi connectivity index (χ2n) is 5.52. The van der Waals surface area contributed by atoms with E-state index in [1.165, 1.54) is 12.0 Å². The van der Waals surface area contributed by atoms with Gasteiger partial charge in [0, 0.05) is 24.7 Å². The highest BCUT2D eigenvalue weighted by molar-refractivity contribution is 6.31. The highest BCUT2D eigenvalue weighted by atomic mass is 35.5. The molecule has 2 N–H and O–H groups in total. The quantitative estimate of drug-likeness (QED) is 0.879. The Balaban J connectivity index is 2.02. The number of aliphatic hydroxyl groups is 1. The summed E-state index contributed by atoms with van der Waals surface area (Å²) in [4.78, 5) is 13.6. The fourth-order valence-corrected chi connectivity index (χ4v) is 2.29. The molecule has 1 atom stereocenters. The second-order valence-corrected chi connectivity index (χ2v) is 5.92. The molecule has 1 unspecified atom stereocenters. The predicted molar refractivity (Wildman–Crippen MR) is 83.1 cm³/mol. The van der Waals surface area contributed by atoms with Crippen LogP contribution in [0.1, 0.15) is 18.4 Å². The van der Waals surface area contributed by atoms with Crippen molar-refractivity contribution in [2.24, 2.45) is 5.92 Å². The Labute approximate surface area is 129 Å². The molecular formula is C15H21ClN2O3. The molecule has 1 fully saturated rings. The van der Waals surface area contributed by atoms with Crippen molar-refractivity contribution in [3.05, 3.63) is 22.7 Å². The number of nitrogens with zero attached hydrogens (tertiary/aromatic N) is 1. The number of hydrogen-bond donors (Lipinski definition) is 2. The summed E-state index contributed by atoms with van der Waals surface area (Å²) in [6.07, 6.45) is 1.64. The van der Waals surface area contributed by atoms with Crippen LogP contribution >= 0.6 is 11.6 Å². The molecule has 21 heavy (non-hydrogen) atoms. The molecule has 1 aromatic rings. The lowest BCUT2D eigenvalue weighted by atomic mass is 10.2. The Kier molecular flexibility index (Phi) is 4.96. The zero-order valence-electron chi connectivity index (χ0n) is 12.5. The molecule has 0 heterocycles. The third-order valence-electron chi connectivity index (χ3n) is 3.70. The highest BCUT2D eigenvalue weighted by Crippen LogP contribution is 2.33. The Morgan fingerprint density at radius 2 is 2.24 bits per heavy atom. The van der Waals surface area contributed by atoms with E-state index in [1.807, 2.05) is 6.92 Å². The van der Waals surface area contributed by atoms with Gasteiger partial charge >= 0.3 is 6.03 Å². The van der Waals surface area contributed by atoms with Crippen LogP contribution in [0.2, 0.25) is 5.02 Å². The molecule has 2 amide bonds. The zero-order valence-corrected chi connectivity index (χ0v) is 13.3. The minimum absolute atomic E-state index is 0.283. The summed E-state index contributed by atoms with van der Waals surface area (Å²) >= 11 is 6.04. The summed E-state index contributed by atoms with van der Waals surface area (Å²) in [7, 11) is 3.19. The van der Waals surface area contributed by atoms with Gasteiger partial charge < -0.3 is 20.1 Å². The number of carbonyl (C=O) groups is 1. The van der Waals surface area contributed by atoms with Crippen LogP contribution in [0.4, 0.5) is 10.5 Å². The number of ether oxygens (including phenoxy) is 1. The van der Waals surface area contributed by atoms with Gasteiger partial charge in [0.15, 0.2) is 0 Å². The molecule has 0 spiro atoms. The molecule has 2 rings (SSSR count). The van der Waals surface area contributed by atoms with Crippen molar-refractivity contribution in [1.82, 2.24) is 4.90 Å². The van der Waals surface area contributed by atoms with E-state index in [9.17, 15) is 9.90 Å². The molecule has 5 nitrogen and oxygen atoms in total. The normalized spacial score (nSPS) is 15.5. The van der Waals surface area contributed by atoms with Gasteiger partial charge in [0.05, 0.1) is 18.9 Å². The number of carbonyl (C=O) groups excluding carboxylic acids is 1. The molecule has 116 valence electrons. The van der Waals surface area contributed by atoms with Crippen molar-refractivity contribution in [3.63, 3.8) is 0 Å². The lowest BCUT2D eigenvalue weighted by Crippen LogP contribution is -2.38. The summed E-state index contributed by atoms with van der Waals surface area (Å²) in [6.45, 7) is 2.18. The molecular weight excluding hydrogens is 292 g/mol. The van der Waals surface area contributed by atoms with Crippen molar-refractivity contribution in [2.45, 2.75) is 25.9 Å². The first-order valence-corrected chi connectivity index (χ1v) is 7.34. The lowest BCUT2D eigenvalue weighted by Gasteiger charge is -2.22. The third kappa shape index (κ3) is 4.02. The summed E-state index contributed by atoms with van der Waals surface area (Å²) in [6, 6.07) is 3.16. The number of anilines is 1. The number of urea groups is 1. The predicted octanol–water partition coefficient (Wildman–Crippen LogP) is 2.89. The van der Waals surface area contributed by atoms with Crippen LogP contribution in [-0.2, 0) is 0 Å². The molecule has 0 saturated heterocycles. The number of methoxy groups -OCH3 is 1. The molecule has 1 aliphatic rings. The SMILES string of the molecule is COc1cc(Cl)c(C)cc1NC(=O)N(C)CC(O)C1CC1. The van der Waals surface area contributed by atoms with Gasteiger partial charge in [0.25, 0.3) is 0 Å². The van der Waals surface area contributed by atoms with E-state index in [2.05, 4.69) is 5.32 Å². The van der Waals surface area contributed by atoms with Crippen LogP contribution in [0.25, 0.3) is 0 Å². The van der Waals surface area contributed by atoms with Gasteiger partial charge in [-0.05, 0) is 37.3 Å². The van der Waals surface area contributed by atoms with E-state index in [0.717, 1.165) is 18.4 Å². The molecule has 1 aliphatic carbocycles. The minimum Gasteiger partial charge on any atom is -0.495 e. The molecule has 0 aliphatic heterocycles. The van der Waals surface area contributed by atoms with E-state index < -0.39 is 6.10 Å². The van der Waals surface area contributed by atoms with Gasteiger partial charge in [-0.15, -0.1) is 0 Å². The molecule has 6 heteroatoms. The monoisotopic (exact) mass is 312 g/mol. The van der Waals surface area contributed by atoms with Crippen LogP contribution in [0.5, 0.6) is 5.75 Å². The zero-order chi connectivity index (χ0) is 15.6. The largest absolute Gasteiger partial charge is 0.495 e. The van der Waals surface area contributed by atoms with Gasteiger partial charge in [0.2, 0.25) is 0 Å². The number of benzene rings is 1. The van der Waals surface area contributed by atoms with Crippen molar-refractivity contribution in [3.8, 4) is 5.75 Å². The number of amides is 2.